The quantitative estimate of drug-likeness (QED) is 0.850. The number of fused-ring (bicyclic) bond motifs is 1. The maximum Gasteiger partial charge on any atom is 0.335 e. The van der Waals surface area contributed by atoms with Crippen molar-refractivity contribution in [2.75, 3.05) is 6.54 Å². The minimum atomic E-state index is -0.883. The van der Waals surface area contributed by atoms with E-state index >= 15 is 0 Å². The number of aryl methyl sites for hydroxylation is 2. The first-order chi connectivity index (χ1) is 8.67. The summed E-state index contributed by atoms with van der Waals surface area (Å²) in [5, 5.41) is 10.1. The number of aromatic nitrogens is 1. The molecule has 0 aliphatic heterocycles. The van der Waals surface area contributed by atoms with Gasteiger partial charge in [-0.3, -0.25) is 0 Å². The molecule has 0 fully saturated rings. The number of carboxylic acid groups (broad SMARTS) is 1. The normalized spacial score (nSPS) is 11.0. The van der Waals surface area contributed by atoms with E-state index in [4.69, 9.17) is 10.8 Å². The number of benzene rings is 1. The fourth-order valence-corrected chi connectivity index (χ4v) is 2.26. The Morgan fingerprint density at radius 1 is 1.44 bits per heavy atom. The van der Waals surface area contributed by atoms with Crippen LogP contribution in [0.5, 0.6) is 0 Å². The van der Waals surface area contributed by atoms with E-state index in [1.165, 1.54) is 5.56 Å². The van der Waals surface area contributed by atoms with Gasteiger partial charge in [-0.1, -0.05) is 0 Å². The summed E-state index contributed by atoms with van der Waals surface area (Å²) in [7, 11) is 0. The minimum Gasteiger partial charge on any atom is -0.478 e. The molecule has 1 aromatic carbocycles. The largest absolute Gasteiger partial charge is 0.478 e. The monoisotopic (exact) mass is 246 g/mol. The molecule has 0 atom stereocenters. The van der Waals surface area contributed by atoms with Crippen LogP contribution in [0, 0.1) is 0 Å². The van der Waals surface area contributed by atoms with Gasteiger partial charge in [0, 0.05) is 23.6 Å². The molecule has 3 N–H and O–H groups in total. The van der Waals surface area contributed by atoms with Crippen LogP contribution in [0.4, 0.5) is 0 Å². The van der Waals surface area contributed by atoms with Gasteiger partial charge in [0.25, 0.3) is 0 Å². The predicted molar refractivity (Wildman–Crippen MR) is 71.9 cm³/mol. The predicted octanol–water partition coefficient (Wildman–Crippen LogP) is 2.25. The molecule has 1 heterocycles. The molecule has 2 aromatic rings. The third-order valence-corrected chi connectivity index (χ3v) is 3.20. The molecular formula is C14H18N2O2. The fraction of sp³-hybridized carbons (Fsp3) is 0.357. The van der Waals surface area contributed by atoms with Gasteiger partial charge in [-0.15, -0.1) is 0 Å². The van der Waals surface area contributed by atoms with Crippen LogP contribution in [0.15, 0.2) is 24.4 Å². The van der Waals surface area contributed by atoms with E-state index < -0.39 is 5.97 Å². The van der Waals surface area contributed by atoms with E-state index in [0.29, 0.717) is 12.1 Å². The molecule has 2 rings (SSSR count). The van der Waals surface area contributed by atoms with Crippen LogP contribution in [-0.2, 0) is 13.0 Å². The lowest BCUT2D eigenvalue weighted by Crippen LogP contribution is -2.00. The molecule has 0 aliphatic carbocycles. The van der Waals surface area contributed by atoms with Crippen molar-refractivity contribution in [2.45, 2.75) is 26.3 Å². The third-order valence-electron chi connectivity index (χ3n) is 3.20. The standard InChI is InChI=1S/C14H18N2O2/c1-2-16-9-11(4-3-7-15)12-8-10(14(17)18)5-6-13(12)16/h5-6,8-9H,2-4,7,15H2,1H3,(H,17,18). The Morgan fingerprint density at radius 3 is 2.83 bits per heavy atom. The number of carboxylic acids is 1. The number of nitrogens with zero attached hydrogens (tertiary/aromatic N) is 1. The highest BCUT2D eigenvalue weighted by Gasteiger charge is 2.10. The Hall–Kier alpha value is -1.81. The number of rotatable bonds is 5. The topological polar surface area (TPSA) is 68.2 Å². The van der Waals surface area contributed by atoms with Crippen LogP contribution in [0.1, 0.15) is 29.3 Å². The van der Waals surface area contributed by atoms with Crippen LogP contribution in [-0.4, -0.2) is 22.2 Å². The van der Waals surface area contributed by atoms with Crippen molar-refractivity contribution in [1.82, 2.24) is 4.57 Å². The zero-order chi connectivity index (χ0) is 13.1. The van der Waals surface area contributed by atoms with Gasteiger partial charge in [-0.2, -0.15) is 0 Å². The van der Waals surface area contributed by atoms with Crippen LogP contribution in [0.3, 0.4) is 0 Å². The lowest BCUT2D eigenvalue weighted by molar-refractivity contribution is 0.0697. The molecule has 1 aromatic heterocycles. The highest BCUT2D eigenvalue weighted by Crippen LogP contribution is 2.24. The molecule has 0 radical (unpaired) electrons. The van der Waals surface area contributed by atoms with Crippen LogP contribution in [0.2, 0.25) is 0 Å². The Morgan fingerprint density at radius 2 is 2.22 bits per heavy atom. The minimum absolute atomic E-state index is 0.338. The first-order valence-electron chi connectivity index (χ1n) is 6.22. The van der Waals surface area contributed by atoms with Crippen molar-refractivity contribution in [1.29, 1.82) is 0 Å². The van der Waals surface area contributed by atoms with E-state index in [1.807, 2.05) is 6.07 Å². The molecule has 18 heavy (non-hydrogen) atoms. The molecule has 0 bridgehead atoms. The molecule has 4 heteroatoms. The van der Waals surface area contributed by atoms with Gasteiger partial charge in [-0.05, 0) is 50.1 Å². The Kier molecular flexibility index (Phi) is 3.67. The van der Waals surface area contributed by atoms with E-state index in [1.54, 1.807) is 12.1 Å². The number of carbonyl (C=O) groups is 1. The van der Waals surface area contributed by atoms with Gasteiger partial charge in [0.05, 0.1) is 5.56 Å². The second-order valence-corrected chi connectivity index (χ2v) is 4.37. The van der Waals surface area contributed by atoms with Crippen molar-refractivity contribution >= 4 is 16.9 Å². The van der Waals surface area contributed by atoms with Gasteiger partial charge in [0.2, 0.25) is 0 Å². The lowest BCUT2D eigenvalue weighted by atomic mass is 10.1. The fourth-order valence-electron chi connectivity index (χ4n) is 2.26. The van der Waals surface area contributed by atoms with Crippen molar-refractivity contribution < 1.29 is 9.90 Å². The summed E-state index contributed by atoms with van der Waals surface area (Å²) in [6.45, 7) is 3.61. The molecule has 96 valence electrons. The van der Waals surface area contributed by atoms with Crippen molar-refractivity contribution in [2.24, 2.45) is 5.73 Å². The molecule has 4 nitrogen and oxygen atoms in total. The molecular weight excluding hydrogens is 228 g/mol. The Labute approximate surface area is 106 Å². The zero-order valence-corrected chi connectivity index (χ0v) is 10.5. The maximum absolute atomic E-state index is 11.0. The third kappa shape index (κ3) is 2.24. The number of hydrogen-bond acceptors (Lipinski definition) is 2. The molecule has 0 saturated heterocycles. The average molecular weight is 246 g/mol. The van der Waals surface area contributed by atoms with E-state index in [9.17, 15) is 4.79 Å². The van der Waals surface area contributed by atoms with Gasteiger partial charge in [0.15, 0.2) is 0 Å². The molecule has 0 amide bonds. The Bertz CT molecular complexity index is 572. The van der Waals surface area contributed by atoms with Crippen LogP contribution in [0.25, 0.3) is 10.9 Å². The molecule has 0 unspecified atom stereocenters. The smallest absolute Gasteiger partial charge is 0.335 e. The molecule has 0 aliphatic rings. The van der Waals surface area contributed by atoms with E-state index in [0.717, 1.165) is 30.3 Å². The second-order valence-electron chi connectivity index (χ2n) is 4.37. The number of nitrogens with two attached hydrogens (primary N) is 1. The summed E-state index contributed by atoms with van der Waals surface area (Å²) in [5.41, 5.74) is 8.15. The Balaban J connectivity index is 2.54. The zero-order valence-electron chi connectivity index (χ0n) is 10.5. The summed E-state index contributed by atoms with van der Waals surface area (Å²) in [6, 6.07) is 5.30. The van der Waals surface area contributed by atoms with Gasteiger partial charge in [-0.25, -0.2) is 4.79 Å². The van der Waals surface area contributed by atoms with Gasteiger partial charge < -0.3 is 15.4 Å². The van der Waals surface area contributed by atoms with Gasteiger partial charge >= 0.3 is 5.97 Å². The van der Waals surface area contributed by atoms with Crippen molar-refractivity contribution in [3.05, 3.63) is 35.5 Å². The first-order valence-corrected chi connectivity index (χ1v) is 6.22. The number of hydrogen-bond donors (Lipinski definition) is 2. The van der Waals surface area contributed by atoms with E-state index in [2.05, 4.69) is 17.7 Å². The SMILES string of the molecule is CCn1cc(CCCN)c2cc(C(=O)O)ccc21. The number of aromatic carboxylic acids is 1. The summed E-state index contributed by atoms with van der Waals surface area (Å²) in [5.74, 6) is -0.883. The maximum atomic E-state index is 11.0. The summed E-state index contributed by atoms with van der Waals surface area (Å²) in [4.78, 5) is 11.0. The first kappa shape index (κ1) is 12.6. The molecule has 0 spiro atoms. The van der Waals surface area contributed by atoms with E-state index in [-0.39, 0.29) is 0 Å². The highest BCUT2D eigenvalue weighted by molar-refractivity contribution is 5.95. The average Bonchev–Trinajstić information content (AvgIpc) is 2.73. The second kappa shape index (κ2) is 5.23. The lowest BCUT2D eigenvalue weighted by Gasteiger charge is -2.01. The van der Waals surface area contributed by atoms with Crippen LogP contribution >= 0.6 is 0 Å². The van der Waals surface area contributed by atoms with Crippen LogP contribution < -0.4 is 5.73 Å². The summed E-state index contributed by atoms with van der Waals surface area (Å²) >= 11 is 0. The molecule has 0 saturated carbocycles. The highest BCUT2D eigenvalue weighted by atomic mass is 16.4. The van der Waals surface area contributed by atoms with Crippen molar-refractivity contribution in [3.63, 3.8) is 0 Å². The van der Waals surface area contributed by atoms with Gasteiger partial charge in [0.1, 0.15) is 0 Å². The van der Waals surface area contributed by atoms with Crippen molar-refractivity contribution in [3.8, 4) is 0 Å². The summed E-state index contributed by atoms with van der Waals surface area (Å²) in [6.07, 6.45) is 3.91. The summed E-state index contributed by atoms with van der Waals surface area (Å²) < 4.78 is 2.15.